The van der Waals surface area contributed by atoms with E-state index in [-0.39, 0.29) is 23.6 Å². The molecule has 0 bridgehead atoms. The molecule has 0 aromatic heterocycles. The van der Waals surface area contributed by atoms with Crippen LogP contribution in [-0.2, 0) is 10.0 Å². The largest absolute Gasteiger partial charge is 0.497 e. The van der Waals surface area contributed by atoms with Crippen molar-refractivity contribution in [2.75, 3.05) is 25.0 Å². The molecule has 0 fully saturated rings. The SMILES string of the molecule is COc1ccc(NS(=O)(=O)c2ccc(C)c(C(=O)NCC(O)COc3ccccc3)c2)cc1. The number of methoxy groups -OCH3 is 1. The minimum absolute atomic E-state index is 0.00345. The van der Waals surface area contributed by atoms with Gasteiger partial charge in [-0.25, -0.2) is 8.42 Å². The fourth-order valence-electron chi connectivity index (χ4n) is 2.96. The summed E-state index contributed by atoms with van der Waals surface area (Å²) in [7, 11) is -2.40. The monoisotopic (exact) mass is 470 g/mol. The van der Waals surface area contributed by atoms with E-state index in [1.54, 1.807) is 49.4 Å². The number of carbonyl (C=O) groups excluding carboxylic acids is 1. The van der Waals surface area contributed by atoms with Gasteiger partial charge in [-0.1, -0.05) is 24.3 Å². The number of ether oxygens (including phenoxy) is 2. The van der Waals surface area contributed by atoms with Gasteiger partial charge < -0.3 is 19.9 Å². The van der Waals surface area contributed by atoms with Crippen molar-refractivity contribution in [2.45, 2.75) is 17.9 Å². The summed E-state index contributed by atoms with van der Waals surface area (Å²) in [5.41, 5.74) is 1.17. The van der Waals surface area contributed by atoms with Crippen molar-refractivity contribution in [1.29, 1.82) is 0 Å². The number of carbonyl (C=O) groups is 1. The number of sulfonamides is 1. The van der Waals surface area contributed by atoms with E-state index in [2.05, 4.69) is 10.0 Å². The highest BCUT2D eigenvalue weighted by molar-refractivity contribution is 7.92. The van der Waals surface area contributed by atoms with Crippen LogP contribution in [0.15, 0.2) is 77.7 Å². The maximum absolute atomic E-state index is 12.8. The molecule has 0 heterocycles. The first-order valence-corrected chi connectivity index (χ1v) is 11.7. The van der Waals surface area contributed by atoms with Gasteiger partial charge in [-0.3, -0.25) is 9.52 Å². The zero-order valence-corrected chi connectivity index (χ0v) is 19.1. The van der Waals surface area contributed by atoms with E-state index in [4.69, 9.17) is 9.47 Å². The minimum atomic E-state index is -3.92. The molecule has 0 radical (unpaired) electrons. The number of rotatable bonds is 10. The topological polar surface area (TPSA) is 114 Å². The third kappa shape index (κ3) is 6.71. The Hall–Kier alpha value is -3.56. The van der Waals surface area contributed by atoms with Crippen molar-refractivity contribution in [2.24, 2.45) is 0 Å². The smallest absolute Gasteiger partial charge is 0.261 e. The fraction of sp³-hybridized carbons (Fsp3) is 0.208. The second-order valence-electron chi connectivity index (χ2n) is 7.30. The lowest BCUT2D eigenvalue weighted by Gasteiger charge is -2.15. The molecule has 1 atom stereocenters. The van der Waals surface area contributed by atoms with Crippen molar-refractivity contribution in [1.82, 2.24) is 5.32 Å². The molecule has 0 spiro atoms. The van der Waals surface area contributed by atoms with Crippen molar-refractivity contribution in [3.8, 4) is 11.5 Å². The maximum atomic E-state index is 12.8. The van der Waals surface area contributed by atoms with Crippen molar-refractivity contribution < 1.29 is 27.8 Å². The fourth-order valence-corrected chi connectivity index (χ4v) is 4.04. The third-order valence-corrected chi connectivity index (χ3v) is 6.17. The van der Waals surface area contributed by atoms with Gasteiger partial charge in [-0.2, -0.15) is 0 Å². The third-order valence-electron chi connectivity index (χ3n) is 4.79. The van der Waals surface area contributed by atoms with Crippen LogP contribution in [0.25, 0.3) is 0 Å². The number of hydrogen-bond acceptors (Lipinski definition) is 6. The number of para-hydroxylation sites is 1. The number of benzene rings is 3. The molecule has 8 nitrogen and oxygen atoms in total. The number of anilines is 1. The van der Waals surface area contributed by atoms with E-state index >= 15 is 0 Å². The van der Waals surface area contributed by atoms with Crippen LogP contribution >= 0.6 is 0 Å². The minimum Gasteiger partial charge on any atom is -0.497 e. The lowest BCUT2D eigenvalue weighted by molar-refractivity contribution is 0.0843. The van der Waals surface area contributed by atoms with Gasteiger partial charge in [-0.15, -0.1) is 0 Å². The zero-order chi connectivity index (χ0) is 23.8. The van der Waals surface area contributed by atoms with Gasteiger partial charge in [0.15, 0.2) is 0 Å². The first-order chi connectivity index (χ1) is 15.8. The molecule has 174 valence electrons. The maximum Gasteiger partial charge on any atom is 0.261 e. The van der Waals surface area contributed by atoms with E-state index in [9.17, 15) is 18.3 Å². The number of aryl methyl sites for hydroxylation is 1. The van der Waals surface area contributed by atoms with Crippen molar-refractivity contribution in [3.63, 3.8) is 0 Å². The van der Waals surface area contributed by atoms with Gasteiger partial charge >= 0.3 is 0 Å². The second kappa shape index (κ2) is 10.8. The molecule has 0 saturated carbocycles. The lowest BCUT2D eigenvalue weighted by Crippen LogP contribution is -2.35. The second-order valence-corrected chi connectivity index (χ2v) is 8.98. The summed E-state index contributed by atoms with van der Waals surface area (Å²) in [4.78, 5) is 12.6. The highest BCUT2D eigenvalue weighted by atomic mass is 32.2. The summed E-state index contributed by atoms with van der Waals surface area (Å²) in [6, 6.07) is 19.8. The van der Waals surface area contributed by atoms with E-state index in [0.29, 0.717) is 22.7 Å². The van der Waals surface area contributed by atoms with Crippen LogP contribution in [-0.4, -0.2) is 45.8 Å². The van der Waals surface area contributed by atoms with Crippen LogP contribution in [0.3, 0.4) is 0 Å². The van der Waals surface area contributed by atoms with E-state index < -0.39 is 22.0 Å². The standard InChI is InChI=1S/C24H26N2O6S/c1-17-8-13-22(33(29,30)26-18-9-11-20(31-2)12-10-18)14-23(17)24(28)25-15-19(27)16-32-21-6-4-3-5-7-21/h3-14,19,26-27H,15-16H2,1-2H3,(H,25,28). The van der Waals surface area contributed by atoms with Crippen LogP contribution in [0.1, 0.15) is 15.9 Å². The van der Waals surface area contributed by atoms with Gasteiger partial charge in [0.05, 0.1) is 12.0 Å². The quantitative estimate of drug-likeness (QED) is 0.420. The summed E-state index contributed by atoms with van der Waals surface area (Å²) in [5, 5.41) is 12.7. The molecular weight excluding hydrogens is 444 g/mol. The van der Waals surface area contributed by atoms with E-state index in [1.807, 2.05) is 18.2 Å². The molecule has 3 N–H and O–H groups in total. The average Bonchev–Trinajstić information content (AvgIpc) is 2.82. The van der Waals surface area contributed by atoms with Crippen LogP contribution in [0.2, 0.25) is 0 Å². The molecule has 3 rings (SSSR count). The Balaban J connectivity index is 1.63. The van der Waals surface area contributed by atoms with Crippen LogP contribution < -0.4 is 19.5 Å². The Kier molecular flexibility index (Phi) is 7.92. The normalized spacial score (nSPS) is 12.0. The highest BCUT2D eigenvalue weighted by Crippen LogP contribution is 2.21. The Bertz CT molecular complexity index is 1180. The number of aliphatic hydroxyl groups is 1. The van der Waals surface area contributed by atoms with Crippen LogP contribution in [0.4, 0.5) is 5.69 Å². The molecular formula is C24H26N2O6S. The molecule has 9 heteroatoms. The molecule has 3 aromatic carbocycles. The van der Waals surface area contributed by atoms with Crippen molar-refractivity contribution >= 4 is 21.6 Å². The molecule has 1 amide bonds. The molecule has 0 saturated heterocycles. The Labute approximate surface area is 193 Å². The molecule has 0 aliphatic heterocycles. The number of hydrogen-bond donors (Lipinski definition) is 3. The van der Waals surface area contributed by atoms with Gasteiger partial charge in [0, 0.05) is 17.8 Å². The lowest BCUT2D eigenvalue weighted by atomic mass is 10.1. The number of nitrogens with one attached hydrogen (secondary N) is 2. The predicted molar refractivity (Wildman–Crippen MR) is 125 cm³/mol. The summed E-state index contributed by atoms with van der Waals surface area (Å²) in [6.45, 7) is 1.66. The molecule has 33 heavy (non-hydrogen) atoms. The predicted octanol–water partition coefficient (Wildman–Crippen LogP) is 2.97. The average molecular weight is 471 g/mol. The Morgan fingerprint density at radius 1 is 1.00 bits per heavy atom. The first kappa shape index (κ1) is 24.1. The number of amides is 1. The van der Waals surface area contributed by atoms with Gasteiger partial charge in [0.25, 0.3) is 15.9 Å². The molecule has 0 aliphatic carbocycles. The van der Waals surface area contributed by atoms with Crippen LogP contribution in [0, 0.1) is 6.92 Å². The summed E-state index contributed by atoms with van der Waals surface area (Å²) in [5.74, 6) is 0.720. The van der Waals surface area contributed by atoms with Gasteiger partial charge in [-0.05, 0) is 61.0 Å². The first-order valence-electron chi connectivity index (χ1n) is 10.2. The number of aliphatic hydroxyl groups excluding tert-OH is 1. The summed E-state index contributed by atoms with van der Waals surface area (Å²) >= 11 is 0. The van der Waals surface area contributed by atoms with E-state index in [0.717, 1.165) is 0 Å². The Morgan fingerprint density at radius 2 is 1.70 bits per heavy atom. The molecule has 1 unspecified atom stereocenters. The van der Waals surface area contributed by atoms with Gasteiger partial charge in [0.2, 0.25) is 0 Å². The zero-order valence-electron chi connectivity index (χ0n) is 18.3. The molecule has 0 aliphatic rings. The molecule has 3 aromatic rings. The Morgan fingerprint density at radius 3 is 2.36 bits per heavy atom. The van der Waals surface area contributed by atoms with E-state index in [1.165, 1.54) is 19.2 Å². The summed E-state index contributed by atoms with van der Waals surface area (Å²) in [6.07, 6.45) is -0.932. The summed E-state index contributed by atoms with van der Waals surface area (Å²) < 4.78 is 38.6. The van der Waals surface area contributed by atoms with Crippen molar-refractivity contribution in [3.05, 3.63) is 83.9 Å². The highest BCUT2D eigenvalue weighted by Gasteiger charge is 2.19. The van der Waals surface area contributed by atoms with Gasteiger partial charge in [0.1, 0.15) is 24.2 Å². The van der Waals surface area contributed by atoms with Crippen LogP contribution in [0.5, 0.6) is 11.5 Å².